The lowest BCUT2D eigenvalue weighted by atomic mass is 9.92. The summed E-state index contributed by atoms with van der Waals surface area (Å²) in [6, 6.07) is 7.88. The molecule has 3 rings (SSSR count). The van der Waals surface area contributed by atoms with Crippen LogP contribution in [0.2, 0.25) is 0 Å². The van der Waals surface area contributed by atoms with Crippen LogP contribution in [0.1, 0.15) is 31.4 Å². The number of benzene rings is 1. The van der Waals surface area contributed by atoms with E-state index in [0.717, 1.165) is 44.8 Å². The molecule has 2 aliphatic heterocycles. The van der Waals surface area contributed by atoms with Gasteiger partial charge in [0.25, 0.3) is 0 Å². The highest BCUT2D eigenvalue weighted by Crippen LogP contribution is 2.24. The molecule has 25 heavy (non-hydrogen) atoms. The number of nitrogens with zero attached hydrogens (tertiary/aromatic N) is 1. The number of hydrogen-bond donors (Lipinski definition) is 2. The van der Waals surface area contributed by atoms with Crippen LogP contribution >= 0.6 is 0 Å². The summed E-state index contributed by atoms with van der Waals surface area (Å²) in [5.74, 6) is 0.0901. The molecule has 6 nitrogen and oxygen atoms in total. The fraction of sp³-hybridized carbons (Fsp3) is 0.632. The van der Waals surface area contributed by atoms with Gasteiger partial charge in [0.2, 0.25) is 5.91 Å². The molecule has 6 heteroatoms. The Bertz CT molecular complexity index is 569. The molecule has 1 aromatic rings. The van der Waals surface area contributed by atoms with Crippen molar-refractivity contribution in [3.8, 4) is 0 Å². The summed E-state index contributed by atoms with van der Waals surface area (Å²) < 4.78 is 10.8. The second-order valence-corrected chi connectivity index (χ2v) is 6.91. The van der Waals surface area contributed by atoms with Gasteiger partial charge in [-0.25, -0.2) is 0 Å². The molecular weight excluding hydrogens is 318 g/mol. The lowest BCUT2D eigenvalue weighted by molar-refractivity contribution is -0.119. The molecule has 0 aromatic heterocycles. The first kappa shape index (κ1) is 18.3. The number of nitrogens with one attached hydrogen (secondary N) is 1. The Hall–Kier alpha value is -1.47. The highest BCUT2D eigenvalue weighted by molar-refractivity contribution is 5.95. The first-order chi connectivity index (χ1) is 12.1. The lowest BCUT2D eigenvalue weighted by Crippen LogP contribution is -2.44. The Morgan fingerprint density at radius 1 is 1.20 bits per heavy atom. The molecule has 138 valence electrons. The summed E-state index contributed by atoms with van der Waals surface area (Å²) in [4.78, 5) is 14.9. The molecule has 0 saturated carbocycles. The van der Waals surface area contributed by atoms with Crippen LogP contribution in [0.15, 0.2) is 24.3 Å². The van der Waals surface area contributed by atoms with E-state index in [9.17, 15) is 4.79 Å². The fourth-order valence-corrected chi connectivity index (χ4v) is 3.57. The first-order valence-corrected chi connectivity index (χ1v) is 9.21. The maximum Gasteiger partial charge on any atom is 0.241 e. The Balaban J connectivity index is 1.61. The third-order valence-corrected chi connectivity index (χ3v) is 5.31. The van der Waals surface area contributed by atoms with E-state index in [-0.39, 0.29) is 11.8 Å². The number of morpholine rings is 1. The number of carbonyl (C=O) groups is 1. The molecule has 2 aliphatic rings. The van der Waals surface area contributed by atoms with Crippen LogP contribution in [0.5, 0.6) is 0 Å². The molecule has 0 radical (unpaired) electrons. The minimum absolute atomic E-state index is 0.108. The molecule has 0 spiro atoms. The van der Waals surface area contributed by atoms with E-state index in [1.807, 2.05) is 12.1 Å². The van der Waals surface area contributed by atoms with Crippen LogP contribution in [0.25, 0.3) is 0 Å². The number of hydrogen-bond acceptors (Lipinski definition) is 5. The molecular formula is C19H29N3O3. The minimum Gasteiger partial charge on any atom is -0.381 e. The summed E-state index contributed by atoms with van der Waals surface area (Å²) in [5.41, 5.74) is 8.17. The highest BCUT2D eigenvalue weighted by atomic mass is 16.5. The zero-order valence-electron chi connectivity index (χ0n) is 14.9. The number of carbonyl (C=O) groups excluding carboxylic acids is 1. The highest BCUT2D eigenvalue weighted by Gasteiger charge is 2.26. The van der Waals surface area contributed by atoms with Crippen molar-refractivity contribution in [1.82, 2.24) is 4.90 Å². The van der Waals surface area contributed by atoms with Gasteiger partial charge in [-0.15, -0.1) is 0 Å². The SMILES string of the molecule is CC(c1cccc(NC(=O)C(N)C2CCOCC2)c1)N1CCOCC1. The van der Waals surface area contributed by atoms with Crippen molar-refractivity contribution >= 4 is 11.6 Å². The van der Waals surface area contributed by atoms with Crippen LogP contribution in [-0.4, -0.2) is 56.4 Å². The monoisotopic (exact) mass is 347 g/mol. The summed E-state index contributed by atoms with van der Waals surface area (Å²) in [5, 5.41) is 2.99. The van der Waals surface area contributed by atoms with Gasteiger partial charge in [0, 0.05) is 38.0 Å². The van der Waals surface area contributed by atoms with Crippen molar-refractivity contribution < 1.29 is 14.3 Å². The summed E-state index contributed by atoms with van der Waals surface area (Å²) >= 11 is 0. The Labute approximate surface area is 149 Å². The summed E-state index contributed by atoms with van der Waals surface area (Å²) in [6.07, 6.45) is 1.70. The van der Waals surface area contributed by atoms with Gasteiger partial charge in [-0.3, -0.25) is 9.69 Å². The number of nitrogens with two attached hydrogens (primary N) is 1. The van der Waals surface area contributed by atoms with E-state index in [1.54, 1.807) is 0 Å². The average Bonchev–Trinajstić information content (AvgIpc) is 2.68. The summed E-state index contributed by atoms with van der Waals surface area (Å²) in [6.45, 7) is 7.01. The van der Waals surface area contributed by atoms with Crippen LogP contribution < -0.4 is 11.1 Å². The molecule has 0 aliphatic carbocycles. The average molecular weight is 347 g/mol. The third-order valence-electron chi connectivity index (χ3n) is 5.31. The van der Waals surface area contributed by atoms with Gasteiger partial charge in [-0.2, -0.15) is 0 Å². The van der Waals surface area contributed by atoms with Gasteiger partial charge in [0.05, 0.1) is 19.3 Å². The second kappa shape index (κ2) is 8.76. The van der Waals surface area contributed by atoms with Crippen LogP contribution in [0.3, 0.4) is 0 Å². The van der Waals surface area contributed by atoms with Gasteiger partial charge in [0.15, 0.2) is 0 Å². The smallest absolute Gasteiger partial charge is 0.241 e. The van der Waals surface area contributed by atoms with E-state index in [0.29, 0.717) is 19.3 Å². The van der Waals surface area contributed by atoms with E-state index in [1.165, 1.54) is 5.56 Å². The second-order valence-electron chi connectivity index (χ2n) is 6.91. The summed E-state index contributed by atoms with van der Waals surface area (Å²) in [7, 11) is 0. The zero-order chi connectivity index (χ0) is 17.6. The van der Waals surface area contributed by atoms with Crippen molar-refractivity contribution in [2.75, 3.05) is 44.8 Å². The normalized spacial score (nSPS) is 22.3. The standard InChI is InChI=1S/C19H29N3O3/c1-14(22-7-11-25-12-8-22)16-3-2-4-17(13-16)21-19(23)18(20)15-5-9-24-10-6-15/h2-4,13-15,18H,5-12,20H2,1H3,(H,21,23). The molecule has 2 fully saturated rings. The predicted molar refractivity (Wildman–Crippen MR) is 97.4 cm³/mol. The van der Waals surface area contributed by atoms with Crippen molar-refractivity contribution in [1.29, 1.82) is 0 Å². The van der Waals surface area contributed by atoms with Gasteiger partial charge in [-0.1, -0.05) is 12.1 Å². The molecule has 1 amide bonds. The Morgan fingerprint density at radius 3 is 2.60 bits per heavy atom. The van der Waals surface area contributed by atoms with Crippen molar-refractivity contribution in [2.45, 2.75) is 31.8 Å². The van der Waals surface area contributed by atoms with E-state index in [2.05, 4.69) is 29.3 Å². The van der Waals surface area contributed by atoms with Gasteiger partial charge < -0.3 is 20.5 Å². The molecule has 2 saturated heterocycles. The maximum atomic E-state index is 12.5. The van der Waals surface area contributed by atoms with E-state index >= 15 is 0 Å². The number of ether oxygens (including phenoxy) is 2. The van der Waals surface area contributed by atoms with Crippen molar-refractivity contribution in [2.24, 2.45) is 11.7 Å². The molecule has 3 N–H and O–H groups in total. The van der Waals surface area contributed by atoms with Crippen LogP contribution in [0, 0.1) is 5.92 Å². The first-order valence-electron chi connectivity index (χ1n) is 9.21. The minimum atomic E-state index is -0.482. The van der Waals surface area contributed by atoms with Crippen LogP contribution in [0.4, 0.5) is 5.69 Å². The van der Waals surface area contributed by atoms with Gasteiger partial charge in [-0.05, 0) is 43.4 Å². The third kappa shape index (κ3) is 4.79. The fourth-order valence-electron chi connectivity index (χ4n) is 3.57. The molecule has 1 aromatic carbocycles. The van der Waals surface area contributed by atoms with E-state index < -0.39 is 6.04 Å². The van der Waals surface area contributed by atoms with Gasteiger partial charge in [0.1, 0.15) is 0 Å². The maximum absolute atomic E-state index is 12.5. The van der Waals surface area contributed by atoms with Crippen molar-refractivity contribution in [3.05, 3.63) is 29.8 Å². The van der Waals surface area contributed by atoms with Crippen molar-refractivity contribution in [3.63, 3.8) is 0 Å². The molecule has 2 unspecified atom stereocenters. The molecule has 0 bridgehead atoms. The largest absolute Gasteiger partial charge is 0.381 e. The predicted octanol–water partition coefficient (Wildman–Crippen LogP) is 1.77. The Kier molecular flexibility index (Phi) is 6.42. The quantitative estimate of drug-likeness (QED) is 0.849. The number of anilines is 1. The lowest BCUT2D eigenvalue weighted by Gasteiger charge is -2.32. The van der Waals surface area contributed by atoms with E-state index in [4.69, 9.17) is 15.2 Å². The van der Waals surface area contributed by atoms with Gasteiger partial charge >= 0.3 is 0 Å². The van der Waals surface area contributed by atoms with Crippen LogP contribution in [-0.2, 0) is 14.3 Å². The number of rotatable bonds is 5. The number of amides is 1. The Morgan fingerprint density at radius 2 is 1.88 bits per heavy atom. The zero-order valence-corrected chi connectivity index (χ0v) is 14.9. The topological polar surface area (TPSA) is 76.8 Å². The molecule has 2 atom stereocenters. The molecule has 2 heterocycles.